The Morgan fingerprint density at radius 2 is 1.92 bits per heavy atom. The highest BCUT2D eigenvalue weighted by atomic mass is 79.9. The lowest BCUT2D eigenvalue weighted by molar-refractivity contribution is 0.0570. The summed E-state index contributed by atoms with van der Waals surface area (Å²) < 4.78 is 27.8. The average molecular weight is 274 g/mol. The Kier molecular flexibility index (Phi) is 4.18. The first-order valence-corrected chi connectivity index (χ1v) is 6.23. The summed E-state index contributed by atoms with van der Waals surface area (Å²) in [6.45, 7) is 4.94. The van der Waals surface area contributed by atoms with Crippen molar-refractivity contribution in [2.75, 3.05) is 4.66 Å². The van der Waals surface area contributed by atoms with E-state index in [4.69, 9.17) is 4.74 Å². The van der Waals surface area contributed by atoms with Gasteiger partial charge in [-0.25, -0.2) is 17.9 Å². The van der Waals surface area contributed by atoms with Crippen molar-refractivity contribution in [2.24, 2.45) is 0 Å². The van der Waals surface area contributed by atoms with Gasteiger partial charge in [0, 0.05) is 0 Å². The smallest absolute Gasteiger partial charge is 0.421 e. The predicted octanol–water partition coefficient (Wildman–Crippen LogP) is 1.19. The van der Waals surface area contributed by atoms with Gasteiger partial charge in [0.05, 0.1) is 0 Å². The summed E-state index contributed by atoms with van der Waals surface area (Å²) in [6.07, 6.45) is -0.966. The minimum Gasteiger partial charge on any atom is -0.443 e. The molecule has 0 unspecified atom stereocenters. The Morgan fingerprint density at radius 3 is 2.23 bits per heavy atom. The van der Waals surface area contributed by atoms with E-state index in [1.165, 1.54) is 0 Å². The lowest BCUT2D eigenvalue weighted by Gasteiger charge is -2.19. The molecule has 0 aromatic carbocycles. The number of nitrogens with one attached hydrogen (secondary N) is 1. The molecule has 1 N–H and O–H groups in total. The molecule has 13 heavy (non-hydrogen) atoms. The maximum Gasteiger partial charge on any atom is 0.421 e. The van der Waals surface area contributed by atoms with Crippen LogP contribution in [0.4, 0.5) is 4.79 Å². The number of rotatable bonds is 2. The molecule has 0 rings (SSSR count). The Labute approximate surface area is 86.0 Å². The molecule has 0 aliphatic rings. The Bertz CT molecular complexity index is 279. The van der Waals surface area contributed by atoms with Crippen LogP contribution >= 0.6 is 15.9 Å². The molecule has 0 heterocycles. The van der Waals surface area contributed by atoms with Crippen LogP contribution in [0.25, 0.3) is 0 Å². The summed E-state index contributed by atoms with van der Waals surface area (Å²) in [5.41, 5.74) is -0.702. The zero-order valence-corrected chi connectivity index (χ0v) is 10.0. The normalized spacial score (nSPS) is 12.3. The minimum atomic E-state index is -3.60. The molecule has 7 heteroatoms. The van der Waals surface area contributed by atoms with Gasteiger partial charge in [-0.2, -0.15) is 0 Å². The van der Waals surface area contributed by atoms with Crippen LogP contribution < -0.4 is 4.72 Å². The largest absolute Gasteiger partial charge is 0.443 e. The Balaban J connectivity index is 4.19. The molecule has 5 nitrogen and oxygen atoms in total. The quantitative estimate of drug-likeness (QED) is 0.768. The number of hydrogen-bond donors (Lipinski definition) is 1. The number of sulfonamides is 1. The van der Waals surface area contributed by atoms with E-state index in [9.17, 15) is 13.2 Å². The molecule has 0 radical (unpaired) electrons. The second kappa shape index (κ2) is 4.28. The zero-order valence-electron chi connectivity index (χ0n) is 7.63. The molecule has 0 aliphatic heterocycles. The van der Waals surface area contributed by atoms with Crippen molar-refractivity contribution in [3.63, 3.8) is 0 Å². The molecule has 0 saturated carbocycles. The number of carbonyl (C=O) groups excluding carboxylic acids is 1. The van der Waals surface area contributed by atoms with E-state index < -0.39 is 21.7 Å². The number of hydrogen-bond acceptors (Lipinski definition) is 4. The highest BCUT2D eigenvalue weighted by Gasteiger charge is 2.20. The van der Waals surface area contributed by atoms with Crippen molar-refractivity contribution in [2.45, 2.75) is 26.4 Å². The molecule has 0 bridgehead atoms. The first kappa shape index (κ1) is 12.7. The van der Waals surface area contributed by atoms with Gasteiger partial charge in [-0.05, 0) is 20.8 Å². The van der Waals surface area contributed by atoms with Gasteiger partial charge in [0.25, 0.3) is 0 Å². The Morgan fingerprint density at radius 1 is 1.46 bits per heavy atom. The highest BCUT2D eigenvalue weighted by molar-refractivity contribution is 9.10. The topological polar surface area (TPSA) is 72.5 Å². The third-order valence-electron chi connectivity index (χ3n) is 0.781. The summed E-state index contributed by atoms with van der Waals surface area (Å²) in [5.74, 6) is 0. The zero-order chi connectivity index (χ0) is 10.7. The molecule has 0 saturated heterocycles. The van der Waals surface area contributed by atoms with Crippen LogP contribution in [0.2, 0.25) is 0 Å². The van der Waals surface area contributed by atoms with Crippen molar-refractivity contribution < 1.29 is 17.9 Å². The van der Waals surface area contributed by atoms with Gasteiger partial charge in [-0.3, -0.25) is 0 Å². The average Bonchev–Trinajstić information content (AvgIpc) is 1.81. The van der Waals surface area contributed by atoms with Gasteiger partial charge in [0.15, 0.2) is 0 Å². The lowest BCUT2D eigenvalue weighted by atomic mass is 10.2. The molecule has 1 amide bonds. The summed E-state index contributed by atoms with van der Waals surface area (Å²) >= 11 is 2.72. The SMILES string of the molecule is CC(C)(C)OC(=O)NS(=O)(=O)CBr. The maximum absolute atomic E-state index is 10.9. The van der Waals surface area contributed by atoms with Crippen LogP contribution in [0, 0.1) is 0 Å². The van der Waals surface area contributed by atoms with Crippen LogP contribution in [-0.2, 0) is 14.8 Å². The second-order valence-electron chi connectivity index (χ2n) is 3.33. The molecule has 0 fully saturated rings. The van der Waals surface area contributed by atoms with Gasteiger partial charge < -0.3 is 4.74 Å². The van der Waals surface area contributed by atoms with Crippen molar-refractivity contribution >= 4 is 32.0 Å². The summed E-state index contributed by atoms with van der Waals surface area (Å²) in [5, 5.41) is 0. The van der Waals surface area contributed by atoms with E-state index in [1.807, 2.05) is 0 Å². The summed E-state index contributed by atoms with van der Waals surface area (Å²) in [4.78, 5) is 10.9. The second-order valence-corrected chi connectivity index (χ2v) is 6.35. The molecule has 0 aromatic rings. The summed E-state index contributed by atoms with van der Waals surface area (Å²) in [6, 6.07) is 0. The van der Waals surface area contributed by atoms with Crippen LogP contribution in [0.1, 0.15) is 20.8 Å². The molecule has 0 atom stereocenters. The fraction of sp³-hybridized carbons (Fsp3) is 0.833. The van der Waals surface area contributed by atoms with E-state index in [2.05, 4.69) is 15.9 Å². The van der Waals surface area contributed by atoms with E-state index >= 15 is 0 Å². The molecule has 0 aliphatic carbocycles. The van der Waals surface area contributed by atoms with Gasteiger partial charge in [-0.15, -0.1) is 0 Å². The fourth-order valence-electron chi connectivity index (χ4n) is 0.453. The van der Waals surface area contributed by atoms with Crippen molar-refractivity contribution in [1.29, 1.82) is 0 Å². The van der Waals surface area contributed by atoms with Crippen LogP contribution in [0.5, 0.6) is 0 Å². The highest BCUT2D eigenvalue weighted by Crippen LogP contribution is 2.07. The minimum absolute atomic E-state index is 0.334. The monoisotopic (exact) mass is 273 g/mol. The van der Waals surface area contributed by atoms with Crippen molar-refractivity contribution in [3.05, 3.63) is 0 Å². The number of carbonyl (C=O) groups is 1. The van der Waals surface area contributed by atoms with Gasteiger partial charge in [0.2, 0.25) is 10.0 Å². The molecular formula is C6H12BrNO4S. The standard InChI is InChI=1S/C6H12BrNO4S/c1-6(2,3)12-5(9)8-13(10,11)4-7/h4H2,1-3H3,(H,8,9). The third-order valence-corrected chi connectivity index (χ3v) is 3.35. The number of halogens is 1. The van der Waals surface area contributed by atoms with Crippen molar-refractivity contribution in [3.8, 4) is 0 Å². The lowest BCUT2D eigenvalue weighted by Crippen LogP contribution is -2.36. The number of ether oxygens (including phenoxy) is 1. The van der Waals surface area contributed by atoms with E-state index in [0.29, 0.717) is 0 Å². The van der Waals surface area contributed by atoms with Gasteiger partial charge in [0.1, 0.15) is 10.3 Å². The molecule has 0 aromatic heterocycles. The first-order valence-electron chi connectivity index (χ1n) is 3.46. The summed E-state index contributed by atoms with van der Waals surface area (Å²) in [7, 11) is -3.60. The number of alkyl halides is 1. The van der Waals surface area contributed by atoms with Crippen LogP contribution in [-0.4, -0.2) is 24.8 Å². The molecular weight excluding hydrogens is 262 g/mol. The van der Waals surface area contributed by atoms with E-state index in [-0.39, 0.29) is 4.66 Å². The van der Waals surface area contributed by atoms with Crippen molar-refractivity contribution in [1.82, 2.24) is 4.72 Å². The molecule has 78 valence electrons. The fourth-order valence-corrected chi connectivity index (χ4v) is 1.15. The maximum atomic E-state index is 10.9. The van der Waals surface area contributed by atoms with Crippen LogP contribution in [0.3, 0.4) is 0 Å². The predicted molar refractivity (Wildman–Crippen MR) is 52.1 cm³/mol. The number of amides is 1. The van der Waals surface area contributed by atoms with E-state index in [1.54, 1.807) is 25.5 Å². The first-order chi connectivity index (χ1) is 5.66. The van der Waals surface area contributed by atoms with Gasteiger partial charge >= 0.3 is 6.09 Å². The Hall–Kier alpha value is -0.300. The molecule has 0 spiro atoms. The van der Waals surface area contributed by atoms with E-state index in [0.717, 1.165) is 0 Å². The third kappa shape index (κ3) is 6.83. The van der Waals surface area contributed by atoms with Gasteiger partial charge in [-0.1, -0.05) is 15.9 Å². The van der Waals surface area contributed by atoms with Crippen LogP contribution in [0.15, 0.2) is 0 Å².